The van der Waals surface area contributed by atoms with E-state index >= 15 is 0 Å². The number of aromatic nitrogens is 4. The second kappa shape index (κ2) is 24.2. The van der Waals surface area contributed by atoms with Crippen molar-refractivity contribution >= 4 is 75.9 Å². The normalized spacial score (nSPS) is 14.6. The van der Waals surface area contributed by atoms with Crippen LogP contribution in [0.5, 0.6) is 0 Å². The topological polar surface area (TPSA) is 264 Å². The minimum Gasteiger partial charge on any atom is -0.349 e. The third-order valence-electron chi connectivity index (χ3n) is 7.84. The predicted molar refractivity (Wildman–Crippen MR) is 225 cm³/mol. The lowest BCUT2D eigenvalue weighted by atomic mass is 10.2. The Bertz CT molecular complexity index is 2050. The first kappa shape index (κ1) is 46.7. The fourth-order valence-corrected chi connectivity index (χ4v) is 5.82. The third kappa shape index (κ3) is 16.7. The molecule has 0 unspecified atom stereocenters. The van der Waals surface area contributed by atoms with Gasteiger partial charge in [0.25, 0.3) is 17.9 Å². The number of hydrazone groups is 3. The summed E-state index contributed by atoms with van der Waals surface area (Å²) in [5.41, 5.74) is 3.71. The molecule has 0 spiro atoms. The Kier molecular flexibility index (Phi) is 18.9. The Hall–Kier alpha value is -5.94. The van der Waals surface area contributed by atoms with E-state index in [0.717, 1.165) is 22.3 Å². The van der Waals surface area contributed by atoms with Crippen LogP contribution in [0.15, 0.2) is 88.6 Å². The highest BCUT2D eigenvalue weighted by molar-refractivity contribution is 6.30. The molecule has 3 saturated heterocycles. The summed E-state index contributed by atoms with van der Waals surface area (Å²) in [4.78, 5) is 52.3. The van der Waals surface area contributed by atoms with Crippen molar-refractivity contribution in [2.75, 3.05) is 39.3 Å². The largest absolute Gasteiger partial charge is 0.349 e. The smallest absolute Gasteiger partial charge is 0.274 e. The predicted octanol–water partition coefficient (Wildman–Crippen LogP) is 4.54. The van der Waals surface area contributed by atoms with Gasteiger partial charge in [-0.2, -0.15) is 0 Å². The molecule has 0 amide bonds. The first-order chi connectivity index (χ1) is 28.8. The van der Waals surface area contributed by atoms with Crippen molar-refractivity contribution in [1.82, 2.24) is 50.6 Å². The first-order valence-corrected chi connectivity index (χ1v) is 19.5. The molecule has 3 aliphatic rings. The standard InChI is InChI=1S/C15H14Cl2N6O2.C9H10ClN5O2.C6H5Cl2N.C3H6N4O2/c16-13-3-1-11(7-18-13)9-21-5-6-22(15(21)20-23(24)25)10-12-2-4-14(17)19-8-12;10-8-2-1-7(5-12-8)6-14-4-3-11-9(14)13-15(16)17;7-3-5-1-2-6(8)9-4-5;8-7(9)6-3-4-1-2-5-3/h1-4,7-8H,5-6,9-10H2;1-2,5H,3-4,6H2,(H,11,13);1-2,4H,3H2;1-2H2,(H2,4,5,6). The van der Waals surface area contributed by atoms with Gasteiger partial charge in [-0.25, -0.2) is 50.3 Å². The zero-order valence-corrected chi connectivity index (χ0v) is 34.9. The Balaban J connectivity index is 0.000000194. The number of hydrogen-bond acceptors (Lipinski definition) is 10. The maximum atomic E-state index is 10.9. The van der Waals surface area contributed by atoms with E-state index in [1.54, 1.807) is 54.0 Å². The van der Waals surface area contributed by atoms with Gasteiger partial charge >= 0.3 is 0 Å². The lowest BCUT2D eigenvalue weighted by molar-refractivity contribution is -0.486. The molecule has 0 atom stereocenters. The minimum absolute atomic E-state index is 0.250. The van der Waals surface area contributed by atoms with Crippen LogP contribution in [0.1, 0.15) is 22.3 Å². The minimum atomic E-state index is -0.735. The van der Waals surface area contributed by atoms with Crippen LogP contribution in [0, 0.1) is 30.3 Å². The molecule has 27 heteroatoms. The fourth-order valence-electron chi connectivity index (χ4n) is 5.21. The molecule has 0 aromatic carbocycles. The summed E-state index contributed by atoms with van der Waals surface area (Å²) in [5.74, 6) is 1.34. The van der Waals surface area contributed by atoms with Crippen molar-refractivity contribution in [1.29, 1.82) is 0 Å². The number of alkyl halides is 1. The Morgan fingerprint density at radius 3 is 1.30 bits per heavy atom. The number of halogens is 5. The average Bonchev–Trinajstić information content (AvgIpc) is 3.98. The van der Waals surface area contributed by atoms with Gasteiger partial charge < -0.3 is 30.7 Å². The van der Waals surface area contributed by atoms with Gasteiger partial charge in [0.1, 0.15) is 35.9 Å². The van der Waals surface area contributed by atoms with Gasteiger partial charge in [-0.05, 0) is 46.5 Å². The second-order valence-corrected chi connectivity index (χ2v) is 13.9. The Morgan fingerprint density at radius 2 is 0.933 bits per heavy atom. The van der Waals surface area contributed by atoms with Crippen LogP contribution in [0.2, 0.25) is 20.6 Å². The number of hydrogen-bond donors (Lipinski definition) is 3. The number of rotatable bonds is 10. The van der Waals surface area contributed by atoms with Crippen molar-refractivity contribution in [2.24, 2.45) is 15.3 Å². The van der Waals surface area contributed by atoms with E-state index in [4.69, 9.17) is 58.0 Å². The van der Waals surface area contributed by atoms with E-state index in [9.17, 15) is 30.3 Å². The van der Waals surface area contributed by atoms with Crippen LogP contribution in [0.25, 0.3) is 0 Å². The molecule has 318 valence electrons. The van der Waals surface area contributed by atoms with E-state index in [1.807, 2.05) is 34.1 Å². The monoisotopic (exact) mass is 926 g/mol. The van der Waals surface area contributed by atoms with E-state index in [1.165, 1.54) is 0 Å². The molecule has 0 radical (unpaired) electrons. The molecule has 0 bridgehead atoms. The number of nitro groups is 3. The summed E-state index contributed by atoms with van der Waals surface area (Å²) >= 11 is 28.3. The van der Waals surface area contributed by atoms with Crippen molar-refractivity contribution in [3.05, 3.63) is 147 Å². The van der Waals surface area contributed by atoms with Crippen LogP contribution >= 0.6 is 58.0 Å². The summed E-state index contributed by atoms with van der Waals surface area (Å²) < 4.78 is 0. The molecule has 0 saturated carbocycles. The van der Waals surface area contributed by atoms with Gasteiger partial charge in [-0.15, -0.1) is 11.6 Å². The second-order valence-electron chi connectivity index (χ2n) is 12.1. The van der Waals surface area contributed by atoms with Crippen LogP contribution in [0.4, 0.5) is 0 Å². The Labute approximate surface area is 366 Å². The fraction of sp³-hybridized carbons (Fsp3) is 0.303. The molecule has 22 nitrogen and oxygen atoms in total. The highest BCUT2D eigenvalue weighted by Gasteiger charge is 2.30. The van der Waals surface area contributed by atoms with Crippen molar-refractivity contribution in [3.8, 4) is 0 Å². The summed E-state index contributed by atoms with van der Waals surface area (Å²) in [7, 11) is 0. The van der Waals surface area contributed by atoms with E-state index < -0.39 is 15.1 Å². The highest BCUT2D eigenvalue weighted by Crippen LogP contribution is 2.18. The van der Waals surface area contributed by atoms with Crippen LogP contribution in [-0.2, 0) is 25.5 Å². The van der Waals surface area contributed by atoms with Gasteiger partial charge in [0.2, 0.25) is 0 Å². The van der Waals surface area contributed by atoms with Crippen LogP contribution < -0.4 is 16.0 Å². The molecular weight excluding hydrogens is 894 g/mol. The van der Waals surface area contributed by atoms with E-state index in [0.29, 0.717) is 91.4 Å². The molecule has 4 aromatic heterocycles. The molecule has 3 fully saturated rings. The van der Waals surface area contributed by atoms with Crippen molar-refractivity contribution < 1.29 is 15.1 Å². The quantitative estimate of drug-likeness (QED) is 0.0853. The molecule has 3 aliphatic heterocycles. The number of pyridine rings is 4. The summed E-state index contributed by atoms with van der Waals surface area (Å²) in [6, 6.07) is 14.1. The van der Waals surface area contributed by atoms with E-state index in [2.05, 4.69) is 51.2 Å². The number of guanidine groups is 3. The molecule has 7 heterocycles. The van der Waals surface area contributed by atoms with Gasteiger partial charge in [0, 0.05) is 89.6 Å². The molecule has 0 aliphatic carbocycles. The number of nitrogens with zero attached hydrogens (tertiary/aromatic N) is 13. The van der Waals surface area contributed by atoms with Gasteiger partial charge in [-0.3, -0.25) is 0 Å². The van der Waals surface area contributed by atoms with Crippen LogP contribution in [-0.4, -0.2) is 107 Å². The molecule has 3 N–H and O–H groups in total. The zero-order chi connectivity index (χ0) is 43.4. The maximum absolute atomic E-state index is 10.9. The Morgan fingerprint density at radius 1 is 0.533 bits per heavy atom. The lowest BCUT2D eigenvalue weighted by Gasteiger charge is -2.20. The molecule has 4 aromatic rings. The van der Waals surface area contributed by atoms with Crippen molar-refractivity contribution in [3.63, 3.8) is 0 Å². The average molecular weight is 929 g/mol. The van der Waals surface area contributed by atoms with Crippen molar-refractivity contribution in [2.45, 2.75) is 25.5 Å². The van der Waals surface area contributed by atoms with Gasteiger partial charge in [-0.1, -0.05) is 70.7 Å². The van der Waals surface area contributed by atoms with Gasteiger partial charge in [0.15, 0.2) is 15.1 Å². The third-order valence-corrected chi connectivity index (χ3v) is 9.04. The van der Waals surface area contributed by atoms with E-state index in [-0.39, 0.29) is 11.9 Å². The lowest BCUT2D eigenvalue weighted by Crippen LogP contribution is -2.34. The maximum Gasteiger partial charge on any atom is 0.274 e. The molecular formula is C33H35Cl5N16O6. The summed E-state index contributed by atoms with van der Waals surface area (Å²) in [6.07, 6.45) is 6.61. The summed E-state index contributed by atoms with van der Waals surface area (Å²) in [5, 5.41) is 48.6. The first-order valence-electron chi connectivity index (χ1n) is 17.4. The number of nitrogens with one attached hydrogen (secondary N) is 3. The summed E-state index contributed by atoms with van der Waals surface area (Å²) in [6.45, 7) is 5.41. The van der Waals surface area contributed by atoms with Gasteiger partial charge in [0.05, 0.1) is 0 Å². The zero-order valence-electron chi connectivity index (χ0n) is 31.2. The highest BCUT2D eigenvalue weighted by atomic mass is 35.5. The SMILES string of the molecule is ClCc1ccc(Cl)nc1.O=[N+]([O-])/N=C1\NCCN1Cc1ccc(Cl)nc1.O=[N+]([O-])N=C1N(Cc2ccc(Cl)nc2)CCN1Cc1ccc(Cl)nc1.O=[N+]([O-])N=C1NCCN1. The molecule has 60 heavy (non-hydrogen) atoms. The van der Waals surface area contributed by atoms with Crippen LogP contribution in [0.3, 0.4) is 0 Å². The molecule has 7 rings (SSSR count).